The molecular formula is C17H16F2N2O5S. The van der Waals surface area contributed by atoms with E-state index in [9.17, 15) is 26.8 Å². The molecule has 10 heteroatoms. The van der Waals surface area contributed by atoms with Gasteiger partial charge in [-0.3, -0.25) is 9.10 Å². The first kappa shape index (κ1) is 20.3. The predicted molar refractivity (Wildman–Crippen MR) is 95.0 cm³/mol. The molecule has 0 unspecified atom stereocenters. The highest BCUT2D eigenvalue weighted by Gasteiger charge is 2.26. The molecule has 27 heavy (non-hydrogen) atoms. The third-order valence-electron chi connectivity index (χ3n) is 3.47. The second-order valence-electron chi connectivity index (χ2n) is 5.45. The Labute approximate surface area is 154 Å². The Morgan fingerprint density at radius 3 is 2.41 bits per heavy atom. The summed E-state index contributed by atoms with van der Waals surface area (Å²) in [6.07, 6.45) is 0.854. The van der Waals surface area contributed by atoms with Crippen LogP contribution in [-0.4, -0.2) is 40.2 Å². The quantitative estimate of drug-likeness (QED) is 0.753. The van der Waals surface area contributed by atoms with E-state index < -0.39 is 40.1 Å². The zero-order valence-electron chi connectivity index (χ0n) is 14.4. The summed E-state index contributed by atoms with van der Waals surface area (Å²) in [6, 6.07) is 8.20. The summed E-state index contributed by atoms with van der Waals surface area (Å²) >= 11 is 0. The number of para-hydroxylation sites is 1. The summed E-state index contributed by atoms with van der Waals surface area (Å²) in [5, 5.41) is 2.17. The van der Waals surface area contributed by atoms with Crippen molar-refractivity contribution < 1.29 is 31.5 Å². The van der Waals surface area contributed by atoms with E-state index in [-0.39, 0.29) is 16.9 Å². The Balaban J connectivity index is 2.34. The van der Waals surface area contributed by atoms with E-state index in [2.05, 4.69) is 10.1 Å². The van der Waals surface area contributed by atoms with Crippen molar-refractivity contribution in [2.45, 2.75) is 0 Å². The highest BCUT2D eigenvalue weighted by atomic mass is 32.2. The van der Waals surface area contributed by atoms with Gasteiger partial charge in [0.25, 0.3) is 0 Å². The first-order valence-corrected chi connectivity index (χ1v) is 9.38. The fourth-order valence-corrected chi connectivity index (χ4v) is 3.13. The Hall–Kier alpha value is -3.01. The highest BCUT2D eigenvalue weighted by molar-refractivity contribution is 7.92. The lowest BCUT2D eigenvalue weighted by Gasteiger charge is -2.23. The van der Waals surface area contributed by atoms with Gasteiger partial charge in [-0.15, -0.1) is 0 Å². The monoisotopic (exact) mass is 398 g/mol. The zero-order chi connectivity index (χ0) is 20.2. The van der Waals surface area contributed by atoms with Crippen LogP contribution in [0.15, 0.2) is 42.5 Å². The van der Waals surface area contributed by atoms with Crippen LogP contribution in [0.5, 0.6) is 0 Å². The molecule has 2 rings (SSSR count). The van der Waals surface area contributed by atoms with Gasteiger partial charge in [-0.1, -0.05) is 12.1 Å². The average molecular weight is 398 g/mol. The number of ether oxygens (including phenoxy) is 1. The number of rotatable bonds is 6. The van der Waals surface area contributed by atoms with Crippen molar-refractivity contribution in [3.05, 3.63) is 59.7 Å². The second kappa shape index (κ2) is 8.12. The van der Waals surface area contributed by atoms with Crippen LogP contribution in [0.1, 0.15) is 10.4 Å². The van der Waals surface area contributed by atoms with Crippen molar-refractivity contribution in [2.75, 3.05) is 29.5 Å². The van der Waals surface area contributed by atoms with E-state index in [1.807, 2.05) is 0 Å². The van der Waals surface area contributed by atoms with Crippen molar-refractivity contribution >= 4 is 33.3 Å². The number of methoxy groups -OCH3 is 1. The molecular weight excluding hydrogens is 382 g/mol. The maximum Gasteiger partial charge on any atom is 0.340 e. The lowest BCUT2D eigenvalue weighted by Crippen LogP contribution is -2.38. The van der Waals surface area contributed by atoms with Gasteiger partial charge in [0.15, 0.2) is 0 Å². The van der Waals surface area contributed by atoms with E-state index in [4.69, 9.17) is 0 Å². The third-order valence-corrected chi connectivity index (χ3v) is 4.60. The molecule has 2 aromatic carbocycles. The van der Waals surface area contributed by atoms with Crippen LogP contribution >= 0.6 is 0 Å². The molecule has 1 amide bonds. The van der Waals surface area contributed by atoms with Crippen molar-refractivity contribution in [1.82, 2.24) is 0 Å². The summed E-state index contributed by atoms with van der Waals surface area (Å²) < 4.78 is 56.3. The van der Waals surface area contributed by atoms with E-state index in [0.717, 1.165) is 25.5 Å². The Bertz CT molecular complexity index is 979. The maximum absolute atomic E-state index is 13.7. The number of benzene rings is 2. The van der Waals surface area contributed by atoms with Crippen LogP contribution in [0.3, 0.4) is 0 Å². The van der Waals surface area contributed by atoms with Crippen LogP contribution in [0.4, 0.5) is 20.2 Å². The standard InChI is InChI=1S/C17H16F2N2O5S/c1-26-17(23)12-5-3-4-6-15(12)21(27(2,24)25)10-16(22)20-14-8-7-11(18)9-13(14)19/h3-9H,10H2,1-2H3,(H,20,22). The number of hydrogen-bond donors (Lipinski definition) is 1. The molecule has 0 saturated heterocycles. The SMILES string of the molecule is COC(=O)c1ccccc1N(CC(=O)Nc1ccc(F)cc1F)S(C)(=O)=O. The summed E-state index contributed by atoms with van der Waals surface area (Å²) in [4.78, 5) is 24.1. The fraction of sp³-hybridized carbons (Fsp3) is 0.176. The van der Waals surface area contributed by atoms with E-state index >= 15 is 0 Å². The van der Waals surface area contributed by atoms with Gasteiger partial charge in [-0.25, -0.2) is 22.0 Å². The minimum absolute atomic E-state index is 0.0637. The van der Waals surface area contributed by atoms with Gasteiger partial charge in [0, 0.05) is 6.07 Å². The van der Waals surface area contributed by atoms with E-state index in [1.165, 1.54) is 24.3 Å². The second-order valence-corrected chi connectivity index (χ2v) is 7.36. The number of carbonyl (C=O) groups is 2. The van der Waals surface area contributed by atoms with Crippen LogP contribution in [0, 0.1) is 11.6 Å². The van der Waals surface area contributed by atoms with E-state index in [0.29, 0.717) is 10.4 Å². The molecule has 0 bridgehead atoms. The molecule has 0 fully saturated rings. The third kappa shape index (κ3) is 5.00. The summed E-state index contributed by atoms with van der Waals surface area (Å²) in [5.41, 5.74) is -0.441. The predicted octanol–water partition coefficient (Wildman–Crippen LogP) is 2.16. The average Bonchev–Trinajstić information content (AvgIpc) is 2.60. The maximum atomic E-state index is 13.7. The molecule has 0 heterocycles. The molecule has 1 N–H and O–H groups in total. The molecule has 2 aromatic rings. The summed E-state index contributed by atoms with van der Waals surface area (Å²) in [5.74, 6) is -3.51. The van der Waals surface area contributed by atoms with Gasteiger partial charge in [0.05, 0.1) is 30.3 Å². The lowest BCUT2D eigenvalue weighted by atomic mass is 10.2. The fourth-order valence-electron chi connectivity index (χ4n) is 2.27. The minimum atomic E-state index is -3.98. The normalized spacial score (nSPS) is 11.0. The molecule has 0 aliphatic carbocycles. The summed E-state index contributed by atoms with van der Waals surface area (Å²) in [7, 11) is -2.84. The molecule has 0 spiro atoms. The molecule has 0 aliphatic rings. The first-order valence-electron chi connectivity index (χ1n) is 7.53. The zero-order valence-corrected chi connectivity index (χ0v) is 15.2. The van der Waals surface area contributed by atoms with Crippen molar-refractivity contribution in [3.8, 4) is 0 Å². The number of esters is 1. The molecule has 0 atom stereocenters. The highest BCUT2D eigenvalue weighted by Crippen LogP contribution is 2.24. The number of amides is 1. The topological polar surface area (TPSA) is 92.8 Å². The van der Waals surface area contributed by atoms with Gasteiger partial charge in [-0.05, 0) is 24.3 Å². The Morgan fingerprint density at radius 2 is 1.81 bits per heavy atom. The van der Waals surface area contributed by atoms with Gasteiger partial charge < -0.3 is 10.1 Å². The number of halogens is 2. The minimum Gasteiger partial charge on any atom is -0.465 e. The van der Waals surface area contributed by atoms with Crippen LogP contribution in [-0.2, 0) is 19.6 Å². The summed E-state index contributed by atoms with van der Waals surface area (Å²) in [6.45, 7) is -0.732. The molecule has 144 valence electrons. The molecule has 0 saturated carbocycles. The number of hydrogen-bond acceptors (Lipinski definition) is 5. The molecule has 0 radical (unpaired) electrons. The van der Waals surface area contributed by atoms with Gasteiger partial charge >= 0.3 is 5.97 Å². The number of anilines is 2. The molecule has 0 aromatic heterocycles. The van der Waals surface area contributed by atoms with Crippen LogP contribution in [0.25, 0.3) is 0 Å². The smallest absolute Gasteiger partial charge is 0.340 e. The Morgan fingerprint density at radius 1 is 1.15 bits per heavy atom. The number of sulfonamides is 1. The number of nitrogens with zero attached hydrogens (tertiary/aromatic N) is 1. The molecule has 7 nitrogen and oxygen atoms in total. The van der Waals surface area contributed by atoms with Gasteiger partial charge in [0.1, 0.15) is 18.2 Å². The number of nitrogens with one attached hydrogen (secondary N) is 1. The molecule has 0 aliphatic heterocycles. The first-order chi connectivity index (χ1) is 12.6. The lowest BCUT2D eigenvalue weighted by molar-refractivity contribution is -0.114. The largest absolute Gasteiger partial charge is 0.465 e. The van der Waals surface area contributed by atoms with E-state index in [1.54, 1.807) is 0 Å². The van der Waals surface area contributed by atoms with Crippen molar-refractivity contribution in [1.29, 1.82) is 0 Å². The van der Waals surface area contributed by atoms with Crippen molar-refractivity contribution in [2.24, 2.45) is 0 Å². The van der Waals surface area contributed by atoms with Gasteiger partial charge in [-0.2, -0.15) is 0 Å². The van der Waals surface area contributed by atoms with Crippen molar-refractivity contribution in [3.63, 3.8) is 0 Å². The van der Waals surface area contributed by atoms with Crippen LogP contribution < -0.4 is 9.62 Å². The Kier molecular flexibility index (Phi) is 6.11. The number of carbonyl (C=O) groups excluding carboxylic acids is 2. The van der Waals surface area contributed by atoms with Gasteiger partial charge in [0.2, 0.25) is 15.9 Å². The van der Waals surface area contributed by atoms with Crippen LogP contribution in [0.2, 0.25) is 0 Å².